The number of fused-ring (bicyclic) bond motifs is 1. The number of hydrogen-bond donors (Lipinski definition) is 0. The van der Waals surface area contributed by atoms with E-state index in [1.807, 2.05) is 30.3 Å². The van der Waals surface area contributed by atoms with Gasteiger partial charge in [-0.15, -0.1) is 0 Å². The Labute approximate surface area is 133 Å². The molecule has 0 radical (unpaired) electrons. The van der Waals surface area contributed by atoms with Crippen molar-refractivity contribution >= 4 is 28.2 Å². The van der Waals surface area contributed by atoms with Crippen LogP contribution in [-0.2, 0) is 9.63 Å². The van der Waals surface area contributed by atoms with Crippen LogP contribution in [0.25, 0.3) is 10.8 Å². The number of allylic oxidation sites excluding steroid dienone is 4. The van der Waals surface area contributed by atoms with E-state index in [0.717, 1.165) is 10.8 Å². The van der Waals surface area contributed by atoms with Crippen molar-refractivity contribution in [1.82, 2.24) is 0 Å². The first-order chi connectivity index (χ1) is 11.0. The van der Waals surface area contributed by atoms with Gasteiger partial charge >= 0.3 is 5.97 Å². The first-order valence-electron chi connectivity index (χ1n) is 7.24. The predicted octanol–water partition coefficient (Wildman–Crippen LogP) is 3.83. The molecule has 23 heavy (non-hydrogen) atoms. The van der Waals surface area contributed by atoms with Crippen LogP contribution in [0.1, 0.15) is 24.2 Å². The molecule has 0 saturated carbocycles. The first-order valence-corrected chi connectivity index (χ1v) is 7.24. The normalized spacial score (nSPS) is 14.3. The van der Waals surface area contributed by atoms with Gasteiger partial charge in [0, 0.05) is 0 Å². The molecule has 2 aromatic rings. The van der Waals surface area contributed by atoms with Crippen LogP contribution in [0, 0.1) is 0 Å². The second-order valence-corrected chi connectivity index (χ2v) is 5.44. The predicted molar refractivity (Wildman–Crippen MR) is 89.3 cm³/mol. The van der Waals surface area contributed by atoms with Crippen LogP contribution in [0.15, 0.2) is 70.9 Å². The standard InChI is InChI=1S/C19H15NO3/c1-12-9-17(21)10-13(2)18(12)20-23-19(22)16-8-7-14-5-3-4-6-15(14)11-16/h3-11H,1-2H3. The van der Waals surface area contributed by atoms with Crippen molar-refractivity contribution in [1.29, 1.82) is 0 Å². The minimum Gasteiger partial charge on any atom is -0.312 e. The Balaban J connectivity index is 1.83. The van der Waals surface area contributed by atoms with Gasteiger partial charge < -0.3 is 4.84 Å². The third kappa shape index (κ3) is 3.11. The highest BCUT2D eigenvalue weighted by Gasteiger charge is 2.15. The largest absolute Gasteiger partial charge is 0.365 e. The molecule has 114 valence electrons. The molecule has 0 atom stereocenters. The molecule has 4 heteroatoms. The number of oxime groups is 1. The Morgan fingerprint density at radius 3 is 2.30 bits per heavy atom. The minimum atomic E-state index is -0.527. The fraction of sp³-hybridized carbons (Fsp3) is 0.105. The van der Waals surface area contributed by atoms with Gasteiger partial charge in [0.05, 0.1) is 5.56 Å². The SMILES string of the molecule is CC1=CC(=O)C=C(C)C1=NOC(=O)c1ccc2ccccc2c1. The molecule has 0 fully saturated rings. The van der Waals surface area contributed by atoms with E-state index in [2.05, 4.69) is 5.16 Å². The molecule has 0 aliphatic heterocycles. The van der Waals surface area contributed by atoms with Gasteiger partial charge in [-0.2, -0.15) is 0 Å². The summed E-state index contributed by atoms with van der Waals surface area (Å²) in [7, 11) is 0. The third-order valence-electron chi connectivity index (χ3n) is 3.67. The van der Waals surface area contributed by atoms with E-state index in [-0.39, 0.29) is 5.78 Å². The molecular formula is C19H15NO3. The number of nitrogens with zero attached hydrogens (tertiary/aromatic N) is 1. The van der Waals surface area contributed by atoms with Crippen molar-refractivity contribution in [3.63, 3.8) is 0 Å². The molecule has 0 bridgehead atoms. The van der Waals surface area contributed by atoms with Gasteiger partial charge in [0.2, 0.25) is 0 Å². The van der Waals surface area contributed by atoms with Gasteiger partial charge in [-0.05, 0) is 60.1 Å². The zero-order chi connectivity index (χ0) is 16.4. The molecule has 0 amide bonds. The fourth-order valence-electron chi connectivity index (χ4n) is 2.52. The molecular weight excluding hydrogens is 290 g/mol. The zero-order valence-electron chi connectivity index (χ0n) is 12.9. The quantitative estimate of drug-likeness (QED) is 0.481. The lowest BCUT2D eigenvalue weighted by molar-refractivity contribution is -0.110. The lowest BCUT2D eigenvalue weighted by Gasteiger charge is -2.10. The summed E-state index contributed by atoms with van der Waals surface area (Å²) in [5.74, 6) is -0.611. The summed E-state index contributed by atoms with van der Waals surface area (Å²) in [4.78, 5) is 28.6. The van der Waals surface area contributed by atoms with Crippen LogP contribution in [0.2, 0.25) is 0 Å². The maximum atomic E-state index is 12.2. The summed E-state index contributed by atoms with van der Waals surface area (Å²) in [6.45, 7) is 3.52. The Hall–Kier alpha value is -3.01. The summed E-state index contributed by atoms with van der Waals surface area (Å²) < 4.78 is 0. The Kier molecular flexibility index (Phi) is 3.89. The smallest absolute Gasteiger partial charge is 0.312 e. The number of benzene rings is 2. The van der Waals surface area contributed by atoms with Gasteiger partial charge in [-0.25, -0.2) is 4.79 Å². The van der Waals surface area contributed by atoms with E-state index in [4.69, 9.17) is 4.84 Å². The average Bonchev–Trinajstić information content (AvgIpc) is 2.53. The molecule has 0 aromatic heterocycles. The first kappa shape index (κ1) is 14.9. The van der Waals surface area contributed by atoms with Crippen molar-refractivity contribution in [3.05, 3.63) is 71.3 Å². The zero-order valence-corrected chi connectivity index (χ0v) is 12.9. The lowest BCUT2D eigenvalue weighted by atomic mass is 9.98. The molecule has 0 saturated heterocycles. The number of hydrogen-bond acceptors (Lipinski definition) is 4. The highest BCUT2D eigenvalue weighted by Crippen LogP contribution is 2.17. The van der Waals surface area contributed by atoms with Gasteiger partial charge in [0.15, 0.2) is 5.78 Å². The maximum Gasteiger partial charge on any atom is 0.365 e. The Morgan fingerprint density at radius 2 is 1.61 bits per heavy atom. The summed E-state index contributed by atoms with van der Waals surface area (Å²) in [6.07, 6.45) is 2.94. The molecule has 1 aliphatic carbocycles. The second kappa shape index (κ2) is 6.01. The second-order valence-electron chi connectivity index (χ2n) is 5.44. The van der Waals surface area contributed by atoms with Crippen LogP contribution in [-0.4, -0.2) is 17.5 Å². The van der Waals surface area contributed by atoms with Gasteiger partial charge in [-0.3, -0.25) is 4.79 Å². The summed E-state index contributed by atoms with van der Waals surface area (Å²) in [6, 6.07) is 13.1. The molecule has 0 N–H and O–H groups in total. The van der Waals surface area contributed by atoms with Gasteiger partial charge in [0.1, 0.15) is 5.71 Å². The van der Waals surface area contributed by atoms with Crippen molar-refractivity contribution in [2.75, 3.05) is 0 Å². The number of ketones is 1. The van der Waals surface area contributed by atoms with Crippen LogP contribution in [0.3, 0.4) is 0 Å². The summed E-state index contributed by atoms with van der Waals surface area (Å²) in [5.41, 5.74) is 2.31. The molecule has 0 unspecified atom stereocenters. The third-order valence-corrected chi connectivity index (χ3v) is 3.67. The van der Waals surface area contributed by atoms with E-state index in [1.165, 1.54) is 12.2 Å². The summed E-state index contributed by atoms with van der Waals surface area (Å²) in [5, 5.41) is 5.93. The van der Waals surface area contributed by atoms with E-state index < -0.39 is 5.97 Å². The van der Waals surface area contributed by atoms with Crippen molar-refractivity contribution in [2.24, 2.45) is 5.16 Å². The maximum absolute atomic E-state index is 12.2. The van der Waals surface area contributed by atoms with E-state index >= 15 is 0 Å². The Morgan fingerprint density at radius 1 is 0.957 bits per heavy atom. The highest BCUT2D eigenvalue weighted by molar-refractivity contribution is 6.22. The molecule has 0 heterocycles. The van der Waals surface area contributed by atoms with Crippen LogP contribution >= 0.6 is 0 Å². The van der Waals surface area contributed by atoms with Gasteiger partial charge in [-0.1, -0.05) is 35.5 Å². The topological polar surface area (TPSA) is 55.7 Å². The number of carbonyl (C=O) groups is 2. The lowest BCUT2D eigenvalue weighted by Crippen LogP contribution is -2.13. The van der Waals surface area contributed by atoms with Crippen LogP contribution in [0.5, 0.6) is 0 Å². The van der Waals surface area contributed by atoms with Crippen molar-refractivity contribution in [3.8, 4) is 0 Å². The molecule has 2 aromatic carbocycles. The van der Waals surface area contributed by atoms with E-state index in [0.29, 0.717) is 22.4 Å². The van der Waals surface area contributed by atoms with Crippen molar-refractivity contribution in [2.45, 2.75) is 13.8 Å². The van der Waals surface area contributed by atoms with Crippen molar-refractivity contribution < 1.29 is 14.4 Å². The van der Waals surface area contributed by atoms with E-state index in [9.17, 15) is 9.59 Å². The van der Waals surface area contributed by atoms with Crippen LogP contribution in [0.4, 0.5) is 0 Å². The number of rotatable bonds is 2. The fourth-order valence-corrected chi connectivity index (χ4v) is 2.52. The molecule has 4 nitrogen and oxygen atoms in total. The molecule has 1 aliphatic rings. The summed E-state index contributed by atoms with van der Waals surface area (Å²) >= 11 is 0. The molecule has 3 rings (SSSR count). The number of carbonyl (C=O) groups excluding carboxylic acids is 2. The Bertz CT molecular complexity index is 880. The van der Waals surface area contributed by atoms with Crippen LogP contribution < -0.4 is 0 Å². The van der Waals surface area contributed by atoms with Gasteiger partial charge in [0.25, 0.3) is 0 Å². The minimum absolute atomic E-state index is 0.0835. The molecule has 0 spiro atoms. The average molecular weight is 305 g/mol. The highest BCUT2D eigenvalue weighted by atomic mass is 16.7. The van der Waals surface area contributed by atoms with E-state index in [1.54, 1.807) is 26.0 Å². The monoisotopic (exact) mass is 305 g/mol.